The first-order valence-corrected chi connectivity index (χ1v) is 7.95. The zero-order chi connectivity index (χ0) is 17.1. The summed E-state index contributed by atoms with van der Waals surface area (Å²) in [6.45, 7) is 2.72. The van der Waals surface area contributed by atoms with Crippen molar-refractivity contribution >= 4 is 17.5 Å². The Bertz CT molecular complexity index is 738. The van der Waals surface area contributed by atoms with Crippen LogP contribution in [0.5, 0.6) is 5.75 Å². The number of phenolic OH excluding ortho intramolecular Hbond substituents is 1. The summed E-state index contributed by atoms with van der Waals surface area (Å²) in [5.41, 5.74) is 2.24. The SMILES string of the molecule is Cc1cccc(O)c1NC(=O)[C@@H]1CC(=O)N(Cc2ccccc2)C1. The Labute approximate surface area is 140 Å². The van der Waals surface area contributed by atoms with Crippen LogP contribution in [0.3, 0.4) is 0 Å². The largest absolute Gasteiger partial charge is 0.506 e. The summed E-state index contributed by atoms with van der Waals surface area (Å²) < 4.78 is 0. The number of hydrogen-bond acceptors (Lipinski definition) is 3. The molecule has 2 amide bonds. The second kappa shape index (κ2) is 6.74. The van der Waals surface area contributed by atoms with Crippen LogP contribution in [0, 0.1) is 12.8 Å². The van der Waals surface area contributed by atoms with Crippen molar-refractivity contribution in [2.24, 2.45) is 5.92 Å². The molecule has 2 aromatic carbocycles. The van der Waals surface area contributed by atoms with Crippen molar-refractivity contribution in [1.82, 2.24) is 4.90 Å². The van der Waals surface area contributed by atoms with Gasteiger partial charge in [0.25, 0.3) is 0 Å². The Morgan fingerprint density at radius 1 is 1.21 bits per heavy atom. The van der Waals surface area contributed by atoms with Gasteiger partial charge in [0.05, 0.1) is 11.6 Å². The molecular formula is C19H20N2O3. The highest BCUT2D eigenvalue weighted by atomic mass is 16.3. The van der Waals surface area contributed by atoms with Gasteiger partial charge in [-0.3, -0.25) is 9.59 Å². The van der Waals surface area contributed by atoms with Gasteiger partial charge in [0.15, 0.2) is 0 Å². The van der Waals surface area contributed by atoms with Gasteiger partial charge in [-0.05, 0) is 24.1 Å². The number of nitrogens with zero attached hydrogens (tertiary/aromatic N) is 1. The van der Waals surface area contributed by atoms with Crippen molar-refractivity contribution < 1.29 is 14.7 Å². The summed E-state index contributed by atoms with van der Waals surface area (Å²) in [4.78, 5) is 26.3. The number of phenols is 1. The number of aromatic hydroxyl groups is 1. The number of amides is 2. The molecule has 0 bridgehead atoms. The first kappa shape index (κ1) is 16.1. The third-order valence-electron chi connectivity index (χ3n) is 4.30. The number of aryl methyl sites for hydroxylation is 1. The molecule has 2 aromatic rings. The van der Waals surface area contributed by atoms with Gasteiger partial charge in [-0.1, -0.05) is 42.5 Å². The summed E-state index contributed by atoms with van der Waals surface area (Å²) in [5, 5.41) is 12.6. The Morgan fingerprint density at radius 2 is 1.96 bits per heavy atom. The van der Waals surface area contributed by atoms with E-state index < -0.39 is 5.92 Å². The molecule has 0 spiro atoms. The average Bonchev–Trinajstić information content (AvgIpc) is 2.93. The Balaban J connectivity index is 1.66. The van der Waals surface area contributed by atoms with Crippen LogP contribution in [-0.4, -0.2) is 28.4 Å². The molecule has 1 saturated heterocycles. The number of carbonyl (C=O) groups is 2. The maximum absolute atomic E-state index is 12.5. The molecule has 1 aliphatic heterocycles. The number of rotatable bonds is 4. The van der Waals surface area contributed by atoms with Gasteiger partial charge in [-0.25, -0.2) is 0 Å². The van der Waals surface area contributed by atoms with Crippen LogP contribution >= 0.6 is 0 Å². The zero-order valence-electron chi connectivity index (χ0n) is 13.5. The highest BCUT2D eigenvalue weighted by molar-refractivity contribution is 5.98. The number of hydrogen-bond donors (Lipinski definition) is 2. The molecule has 1 fully saturated rings. The molecular weight excluding hydrogens is 304 g/mol. The number of nitrogens with one attached hydrogen (secondary N) is 1. The molecule has 0 aliphatic carbocycles. The van der Waals surface area contributed by atoms with E-state index >= 15 is 0 Å². The lowest BCUT2D eigenvalue weighted by atomic mass is 10.1. The molecule has 5 heteroatoms. The fourth-order valence-electron chi connectivity index (χ4n) is 2.94. The Morgan fingerprint density at radius 3 is 2.67 bits per heavy atom. The number of benzene rings is 2. The molecule has 2 N–H and O–H groups in total. The van der Waals surface area contributed by atoms with Crippen LogP contribution in [-0.2, 0) is 16.1 Å². The molecule has 1 atom stereocenters. The lowest BCUT2D eigenvalue weighted by Gasteiger charge is -2.17. The molecule has 24 heavy (non-hydrogen) atoms. The molecule has 0 aromatic heterocycles. The quantitative estimate of drug-likeness (QED) is 0.850. The minimum absolute atomic E-state index is 0.0204. The van der Waals surface area contributed by atoms with Crippen LogP contribution in [0.1, 0.15) is 17.5 Å². The van der Waals surface area contributed by atoms with Crippen molar-refractivity contribution in [1.29, 1.82) is 0 Å². The third-order valence-corrected chi connectivity index (χ3v) is 4.30. The summed E-state index contributed by atoms with van der Waals surface area (Å²) in [6, 6.07) is 14.8. The van der Waals surface area contributed by atoms with Crippen molar-refractivity contribution in [3.63, 3.8) is 0 Å². The minimum atomic E-state index is -0.403. The van der Waals surface area contributed by atoms with Gasteiger partial charge < -0.3 is 15.3 Å². The summed E-state index contributed by atoms with van der Waals surface area (Å²) in [5.74, 6) is -0.620. The molecule has 0 radical (unpaired) electrons. The molecule has 0 unspecified atom stereocenters. The topological polar surface area (TPSA) is 69.6 Å². The molecule has 124 valence electrons. The molecule has 0 saturated carbocycles. The summed E-state index contributed by atoms with van der Waals surface area (Å²) in [6.07, 6.45) is 0.200. The van der Waals surface area contributed by atoms with E-state index in [1.807, 2.05) is 43.3 Å². The number of anilines is 1. The molecule has 1 heterocycles. The van der Waals surface area contributed by atoms with Crippen LogP contribution < -0.4 is 5.32 Å². The first-order valence-electron chi connectivity index (χ1n) is 7.95. The smallest absolute Gasteiger partial charge is 0.229 e. The van der Waals surface area contributed by atoms with E-state index in [4.69, 9.17) is 0 Å². The molecule has 3 rings (SSSR count). The number of para-hydroxylation sites is 1. The number of carbonyl (C=O) groups excluding carboxylic acids is 2. The van der Waals surface area contributed by atoms with Crippen molar-refractivity contribution in [2.45, 2.75) is 19.9 Å². The highest BCUT2D eigenvalue weighted by Crippen LogP contribution is 2.28. The minimum Gasteiger partial charge on any atom is -0.506 e. The summed E-state index contributed by atoms with van der Waals surface area (Å²) >= 11 is 0. The van der Waals surface area contributed by atoms with E-state index in [0.29, 0.717) is 18.8 Å². The van der Waals surface area contributed by atoms with E-state index in [-0.39, 0.29) is 24.0 Å². The Hall–Kier alpha value is -2.82. The monoisotopic (exact) mass is 324 g/mol. The lowest BCUT2D eigenvalue weighted by Crippen LogP contribution is -2.28. The van der Waals surface area contributed by atoms with Crippen molar-refractivity contribution in [3.05, 3.63) is 59.7 Å². The van der Waals surface area contributed by atoms with Gasteiger partial charge in [-0.2, -0.15) is 0 Å². The van der Waals surface area contributed by atoms with Crippen LogP contribution in [0.15, 0.2) is 48.5 Å². The Kier molecular flexibility index (Phi) is 4.51. The number of likely N-dealkylation sites (tertiary alicyclic amines) is 1. The maximum atomic E-state index is 12.5. The predicted octanol–water partition coefficient (Wildman–Crippen LogP) is 2.69. The molecule has 1 aliphatic rings. The van der Waals surface area contributed by atoms with E-state index in [1.54, 1.807) is 11.0 Å². The van der Waals surface area contributed by atoms with Gasteiger partial charge in [0.1, 0.15) is 5.75 Å². The fourth-order valence-corrected chi connectivity index (χ4v) is 2.94. The van der Waals surface area contributed by atoms with E-state index in [9.17, 15) is 14.7 Å². The van der Waals surface area contributed by atoms with Gasteiger partial charge in [0, 0.05) is 19.5 Å². The van der Waals surface area contributed by atoms with E-state index in [1.165, 1.54) is 6.07 Å². The van der Waals surface area contributed by atoms with Crippen LogP contribution in [0.4, 0.5) is 5.69 Å². The first-order chi connectivity index (χ1) is 11.5. The second-order valence-corrected chi connectivity index (χ2v) is 6.12. The third kappa shape index (κ3) is 3.40. The molecule has 5 nitrogen and oxygen atoms in total. The second-order valence-electron chi connectivity index (χ2n) is 6.12. The predicted molar refractivity (Wildman–Crippen MR) is 91.4 cm³/mol. The van der Waals surface area contributed by atoms with Crippen molar-refractivity contribution in [2.75, 3.05) is 11.9 Å². The van der Waals surface area contributed by atoms with Gasteiger partial charge in [0.2, 0.25) is 11.8 Å². The van der Waals surface area contributed by atoms with E-state index in [0.717, 1.165) is 11.1 Å². The average molecular weight is 324 g/mol. The van der Waals surface area contributed by atoms with Crippen LogP contribution in [0.25, 0.3) is 0 Å². The summed E-state index contributed by atoms with van der Waals surface area (Å²) in [7, 11) is 0. The van der Waals surface area contributed by atoms with Gasteiger partial charge >= 0.3 is 0 Å². The standard InChI is InChI=1S/C19H20N2O3/c1-13-6-5-9-16(22)18(13)20-19(24)15-10-17(23)21(12-15)11-14-7-3-2-4-8-14/h2-9,15,22H,10-12H2,1H3,(H,20,24)/t15-/m1/s1. The fraction of sp³-hybridized carbons (Fsp3) is 0.263. The highest BCUT2D eigenvalue weighted by Gasteiger charge is 2.34. The van der Waals surface area contributed by atoms with E-state index in [2.05, 4.69) is 5.32 Å². The maximum Gasteiger partial charge on any atom is 0.229 e. The van der Waals surface area contributed by atoms with Gasteiger partial charge in [-0.15, -0.1) is 0 Å². The van der Waals surface area contributed by atoms with Crippen molar-refractivity contribution in [3.8, 4) is 5.75 Å². The normalized spacial score (nSPS) is 17.1. The van der Waals surface area contributed by atoms with Crippen LogP contribution in [0.2, 0.25) is 0 Å². The zero-order valence-corrected chi connectivity index (χ0v) is 13.5. The lowest BCUT2D eigenvalue weighted by molar-refractivity contribution is -0.128.